The van der Waals surface area contributed by atoms with Gasteiger partial charge in [0, 0.05) is 103 Å². The lowest BCUT2D eigenvalue weighted by molar-refractivity contribution is -0.130. The Balaban J connectivity index is 1.12. The Kier molecular flexibility index (Phi) is 12.1. The van der Waals surface area contributed by atoms with Crippen molar-refractivity contribution in [2.24, 2.45) is 0 Å². The molecule has 0 aliphatic carbocycles. The Morgan fingerprint density at radius 2 is 1.69 bits per heavy atom. The highest BCUT2D eigenvalue weighted by atomic mass is 35.5. The zero-order valence-electron chi connectivity index (χ0n) is 31.0. The van der Waals surface area contributed by atoms with Crippen LogP contribution in [0.25, 0.3) is 44.5 Å². The Morgan fingerprint density at radius 1 is 0.909 bits per heavy atom. The molecular weight excluding hydrogens is 759 g/mol. The molecule has 1 atom stereocenters. The fraction of sp³-hybridized carbons (Fsp3) is 0.333. The lowest BCUT2D eigenvalue weighted by atomic mass is 9.98. The smallest absolute Gasteiger partial charge is 0.220 e. The second-order valence-corrected chi connectivity index (χ2v) is 15.1. The molecule has 7 rings (SSSR count). The van der Waals surface area contributed by atoms with Crippen molar-refractivity contribution in [2.75, 3.05) is 33.9 Å². The van der Waals surface area contributed by atoms with E-state index in [2.05, 4.69) is 20.9 Å². The number of carbonyl (C=O) groups is 2. The average molecular weight is 802 g/mol. The van der Waals surface area contributed by atoms with E-state index in [0.717, 1.165) is 71.1 Å². The number of hydrogen-bond donors (Lipinski definition) is 3. The van der Waals surface area contributed by atoms with E-state index in [1.54, 1.807) is 27.3 Å². The maximum Gasteiger partial charge on any atom is 0.220 e. The molecule has 5 aromatic rings. The fourth-order valence-corrected chi connectivity index (χ4v) is 8.42. The number of nitrogens with one attached hydrogen (secondary N) is 3. The minimum absolute atomic E-state index is 0.100. The van der Waals surface area contributed by atoms with Gasteiger partial charge in [-0.25, -0.2) is 4.98 Å². The number of benzene rings is 3. The topological polar surface area (TPSA) is 118 Å². The van der Waals surface area contributed by atoms with Gasteiger partial charge in [-0.1, -0.05) is 65.1 Å². The molecule has 3 aromatic carbocycles. The van der Waals surface area contributed by atoms with Crippen LogP contribution in [0.3, 0.4) is 0 Å². The van der Waals surface area contributed by atoms with Gasteiger partial charge < -0.3 is 30.3 Å². The van der Waals surface area contributed by atoms with Crippen LogP contribution in [-0.4, -0.2) is 72.6 Å². The summed E-state index contributed by atoms with van der Waals surface area (Å²) in [5, 5.41) is 12.3. The van der Waals surface area contributed by atoms with Gasteiger partial charge in [0.15, 0.2) is 0 Å². The predicted octanol–water partition coefficient (Wildman–Crippen LogP) is 8.08. The zero-order chi connectivity index (χ0) is 38.6. The first-order valence-electron chi connectivity index (χ1n) is 18.4. The summed E-state index contributed by atoms with van der Waals surface area (Å²) in [7, 11) is 3.29. The number of hydrogen-bond acceptors (Lipinski definition) is 8. The van der Waals surface area contributed by atoms with Crippen molar-refractivity contribution in [1.29, 1.82) is 0 Å². The maximum absolute atomic E-state index is 11.7. The van der Waals surface area contributed by atoms with Gasteiger partial charge in [-0.2, -0.15) is 0 Å². The molecule has 13 heteroatoms. The van der Waals surface area contributed by atoms with E-state index in [-0.39, 0.29) is 17.9 Å². The predicted molar refractivity (Wildman–Crippen MR) is 219 cm³/mol. The second-order valence-electron chi connectivity index (χ2n) is 14.0. The van der Waals surface area contributed by atoms with Gasteiger partial charge in [0.25, 0.3) is 0 Å². The van der Waals surface area contributed by atoms with Gasteiger partial charge in [0.05, 0.1) is 46.2 Å². The number of pyridine rings is 2. The van der Waals surface area contributed by atoms with E-state index in [0.29, 0.717) is 75.6 Å². The number of rotatable bonds is 12. The minimum Gasteiger partial charge on any atom is -0.496 e. The third-order valence-corrected chi connectivity index (χ3v) is 11.6. The van der Waals surface area contributed by atoms with Crippen LogP contribution in [0.5, 0.6) is 11.5 Å². The highest BCUT2D eigenvalue weighted by molar-refractivity contribution is 6.39. The summed E-state index contributed by atoms with van der Waals surface area (Å²) in [5.74, 6) is 1.64. The number of amides is 2. The number of aromatic nitrogens is 2. The Bertz CT molecular complexity index is 2240. The summed E-state index contributed by atoms with van der Waals surface area (Å²) in [6, 6.07) is 19.8. The van der Waals surface area contributed by atoms with Crippen molar-refractivity contribution >= 4 is 57.5 Å². The molecule has 2 aliphatic heterocycles. The maximum atomic E-state index is 11.7. The van der Waals surface area contributed by atoms with Crippen LogP contribution < -0.4 is 25.4 Å². The van der Waals surface area contributed by atoms with Crippen molar-refractivity contribution < 1.29 is 19.1 Å². The van der Waals surface area contributed by atoms with Gasteiger partial charge >= 0.3 is 0 Å². The van der Waals surface area contributed by atoms with E-state index in [4.69, 9.17) is 49.3 Å². The van der Waals surface area contributed by atoms with Gasteiger partial charge in [-0.05, 0) is 49.6 Å². The second kappa shape index (κ2) is 17.1. The van der Waals surface area contributed by atoms with Gasteiger partial charge in [0.1, 0.15) is 11.5 Å². The molecule has 2 saturated heterocycles. The summed E-state index contributed by atoms with van der Waals surface area (Å²) >= 11 is 21.2. The van der Waals surface area contributed by atoms with Crippen molar-refractivity contribution in [2.45, 2.75) is 57.8 Å². The molecule has 0 unspecified atom stereocenters. The van der Waals surface area contributed by atoms with Crippen LogP contribution in [-0.2, 0) is 22.7 Å². The third-order valence-electron chi connectivity index (χ3n) is 10.5. The monoisotopic (exact) mass is 800 g/mol. The summed E-state index contributed by atoms with van der Waals surface area (Å²) in [5.41, 5.74) is 6.77. The summed E-state index contributed by atoms with van der Waals surface area (Å²) in [6.45, 7) is 4.96. The van der Waals surface area contributed by atoms with Gasteiger partial charge in [-0.15, -0.1) is 0 Å². The number of piperidine rings is 1. The highest BCUT2D eigenvalue weighted by Gasteiger charge is 2.23. The number of carbonyl (C=O) groups excluding carboxylic acids is 2. The molecule has 2 aromatic heterocycles. The number of halogens is 3. The lowest BCUT2D eigenvalue weighted by Gasteiger charge is -2.32. The lowest BCUT2D eigenvalue weighted by Crippen LogP contribution is -2.43. The fourth-order valence-electron chi connectivity index (χ4n) is 7.50. The van der Waals surface area contributed by atoms with Crippen molar-refractivity contribution in [3.05, 3.63) is 93.1 Å². The van der Waals surface area contributed by atoms with Crippen LogP contribution >= 0.6 is 34.8 Å². The van der Waals surface area contributed by atoms with Crippen LogP contribution in [0.15, 0.2) is 66.9 Å². The third kappa shape index (κ3) is 8.39. The number of likely N-dealkylation sites (tertiary alicyclic amines) is 1. The molecule has 286 valence electrons. The van der Waals surface area contributed by atoms with E-state index < -0.39 is 0 Å². The van der Waals surface area contributed by atoms with Crippen molar-refractivity contribution in [3.63, 3.8) is 0 Å². The van der Waals surface area contributed by atoms with E-state index in [1.165, 1.54) is 0 Å². The molecule has 0 bridgehead atoms. The summed E-state index contributed by atoms with van der Waals surface area (Å²) < 4.78 is 11.7. The van der Waals surface area contributed by atoms with Crippen molar-refractivity contribution in [3.8, 4) is 45.1 Å². The SMILES string of the molecule is COc1cc(-c2nccc(-c3cccc(-c4ccc5c(OC)c(CNC6CCN(C(C)=O)CC6)cc(Cl)c5n4)c3Cl)c2Cl)ccc1CNC[C@H]1CCC(=O)N1. The van der Waals surface area contributed by atoms with E-state index >= 15 is 0 Å². The zero-order valence-corrected chi connectivity index (χ0v) is 33.2. The number of ether oxygens (including phenoxy) is 2. The Morgan fingerprint density at radius 3 is 2.42 bits per heavy atom. The van der Waals surface area contributed by atoms with E-state index in [1.807, 2.05) is 65.6 Å². The van der Waals surface area contributed by atoms with Crippen LogP contribution in [0, 0.1) is 0 Å². The van der Waals surface area contributed by atoms with Gasteiger partial charge in [0.2, 0.25) is 11.8 Å². The minimum atomic E-state index is 0.100. The first-order valence-corrected chi connectivity index (χ1v) is 19.5. The molecule has 0 spiro atoms. The molecular formula is C42H43Cl3N6O4. The van der Waals surface area contributed by atoms with Crippen LogP contribution in [0.2, 0.25) is 15.1 Å². The number of fused-ring (bicyclic) bond motifs is 1. The van der Waals surface area contributed by atoms with Crippen molar-refractivity contribution in [1.82, 2.24) is 30.8 Å². The van der Waals surface area contributed by atoms with Crippen LogP contribution in [0.4, 0.5) is 0 Å². The van der Waals surface area contributed by atoms with Crippen LogP contribution in [0.1, 0.15) is 43.7 Å². The molecule has 10 nitrogen and oxygen atoms in total. The summed E-state index contributed by atoms with van der Waals surface area (Å²) in [6.07, 6.45) is 4.92. The first-order chi connectivity index (χ1) is 26.6. The summed E-state index contributed by atoms with van der Waals surface area (Å²) in [4.78, 5) is 34.8. The number of methoxy groups -OCH3 is 2. The number of nitrogens with zero attached hydrogens (tertiary/aromatic N) is 3. The first kappa shape index (κ1) is 38.8. The molecule has 55 heavy (non-hydrogen) atoms. The molecule has 2 fully saturated rings. The molecule has 4 heterocycles. The Hall–Kier alpha value is -4.45. The standard InChI is InChI=1S/C42H43Cl3N6O4/c1-24(52)51-17-14-28(15-18-51)48-22-27-19-34(43)41-33(42(27)55-3)10-11-35(50-41)32-6-4-5-30(38(32)44)31-13-16-47-40(39(31)45)25-7-8-26(36(20-25)54-2)21-46-23-29-9-12-37(53)49-29/h4-8,10-11,13,16,19-20,28-29,46,48H,9,12,14-15,17-18,21-23H2,1-3H3,(H,49,53)/t29-/m1/s1. The normalized spacial score (nSPS) is 16.1. The molecule has 3 N–H and O–H groups in total. The molecule has 2 amide bonds. The largest absolute Gasteiger partial charge is 0.496 e. The molecule has 0 radical (unpaired) electrons. The highest BCUT2D eigenvalue weighted by Crippen LogP contribution is 2.43. The Labute approximate surface area is 335 Å². The quantitative estimate of drug-likeness (QED) is 0.116. The molecule has 0 saturated carbocycles. The average Bonchev–Trinajstić information content (AvgIpc) is 3.62. The van der Waals surface area contributed by atoms with Gasteiger partial charge in [-0.3, -0.25) is 14.6 Å². The van der Waals surface area contributed by atoms with E-state index in [9.17, 15) is 9.59 Å². The molecule has 2 aliphatic rings.